The summed E-state index contributed by atoms with van der Waals surface area (Å²) in [5, 5.41) is 4.35. The molecule has 0 aliphatic carbocycles. The van der Waals surface area contributed by atoms with E-state index in [9.17, 15) is 4.39 Å². The molecule has 2 aromatic heterocycles. The van der Waals surface area contributed by atoms with Gasteiger partial charge in [-0.3, -0.25) is 9.88 Å². The predicted molar refractivity (Wildman–Crippen MR) is 97.8 cm³/mol. The minimum Gasteiger partial charge on any atom is -0.356 e. The van der Waals surface area contributed by atoms with Crippen molar-refractivity contribution < 1.29 is 8.91 Å². The number of benzene rings is 1. The van der Waals surface area contributed by atoms with Crippen molar-refractivity contribution >= 4 is 0 Å². The van der Waals surface area contributed by atoms with E-state index in [2.05, 4.69) is 27.2 Å². The van der Waals surface area contributed by atoms with Crippen LogP contribution in [-0.2, 0) is 6.54 Å². The molecule has 1 saturated heterocycles. The summed E-state index contributed by atoms with van der Waals surface area (Å²) < 4.78 is 18.7. The van der Waals surface area contributed by atoms with Gasteiger partial charge < -0.3 is 4.52 Å². The van der Waals surface area contributed by atoms with Gasteiger partial charge >= 0.3 is 0 Å². The first-order valence-electron chi connectivity index (χ1n) is 9.15. The van der Waals surface area contributed by atoms with Gasteiger partial charge in [0.25, 0.3) is 0 Å². The number of aromatic nitrogens is 2. The quantitative estimate of drug-likeness (QED) is 0.664. The fraction of sp³-hybridized carbons (Fsp3) is 0.333. The first kappa shape index (κ1) is 16.9. The number of nitrogens with zero attached hydrogens (tertiary/aromatic N) is 3. The molecule has 1 atom stereocenters. The van der Waals surface area contributed by atoms with Crippen molar-refractivity contribution in [3.05, 3.63) is 71.9 Å². The Hall–Kier alpha value is -2.53. The highest BCUT2D eigenvalue weighted by Crippen LogP contribution is 2.33. The van der Waals surface area contributed by atoms with Gasteiger partial charge in [-0.25, -0.2) is 4.39 Å². The molecule has 0 spiro atoms. The molecule has 0 unspecified atom stereocenters. The second-order valence-corrected chi connectivity index (χ2v) is 6.81. The van der Waals surface area contributed by atoms with Crippen LogP contribution in [0.2, 0.25) is 0 Å². The Balaban J connectivity index is 1.58. The van der Waals surface area contributed by atoms with Crippen molar-refractivity contribution in [1.82, 2.24) is 15.0 Å². The fourth-order valence-corrected chi connectivity index (χ4v) is 3.61. The van der Waals surface area contributed by atoms with E-state index in [0.29, 0.717) is 5.76 Å². The van der Waals surface area contributed by atoms with Crippen molar-refractivity contribution in [2.75, 3.05) is 6.54 Å². The molecule has 4 rings (SSSR count). The third-order valence-electron chi connectivity index (χ3n) is 5.00. The van der Waals surface area contributed by atoms with Crippen LogP contribution in [-0.4, -0.2) is 21.6 Å². The van der Waals surface area contributed by atoms with Crippen LogP contribution in [0.15, 0.2) is 59.4 Å². The number of rotatable bonds is 4. The molecule has 134 valence electrons. The molecule has 3 aromatic rings. The van der Waals surface area contributed by atoms with Gasteiger partial charge in [-0.1, -0.05) is 18.0 Å². The van der Waals surface area contributed by atoms with Gasteiger partial charge in [0.15, 0.2) is 5.76 Å². The summed E-state index contributed by atoms with van der Waals surface area (Å²) in [4.78, 5) is 6.59. The van der Waals surface area contributed by atoms with Gasteiger partial charge in [0.2, 0.25) is 0 Å². The highest BCUT2D eigenvalue weighted by molar-refractivity contribution is 5.57. The van der Waals surface area contributed by atoms with E-state index in [0.717, 1.165) is 30.8 Å². The number of halogens is 1. The summed E-state index contributed by atoms with van der Waals surface area (Å²) in [6, 6.07) is 12.7. The standard InChI is InChI=1S/C21H22FN3O/c22-18-7-5-17(6-8-18)21-14-19(24-26-21)20-4-2-1-3-13-25(20)15-16-9-11-23-12-10-16/h5-12,14,20H,1-4,13,15H2/t20-/m1/s1. The summed E-state index contributed by atoms with van der Waals surface area (Å²) in [6.07, 6.45) is 8.38. The molecule has 5 heteroatoms. The molecule has 0 bridgehead atoms. The zero-order valence-electron chi connectivity index (χ0n) is 14.6. The van der Waals surface area contributed by atoms with Crippen LogP contribution in [0, 0.1) is 5.82 Å². The van der Waals surface area contributed by atoms with Crippen molar-refractivity contribution in [3.8, 4) is 11.3 Å². The number of hydrogen-bond acceptors (Lipinski definition) is 4. The van der Waals surface area contributed by atoms with Crippen LogP contribution < -0.4 is 0 Å². The van der Waals surface area contributed by atoms with Gasteiger partial charge in [0.05, 0.1) is 6.04 Å². The molecule has 0 radical (unpaired) electrons. The minimum absolute atomic E-state index is 0.239. The Labute approximate surface area is 152 Å². The first-order chi connectivity index (χ1) is 12.8. The van der Waals surface area contributed by atoms with Crippen LogP contribution >= 0.6 is 0 Å². The molecule has 1 aromatic carbocycles. The zero-order valence-corrected chi connectivity index (χ0v) is 14.6. The molecule has 0 N–H and O–H groups in total. The number of pyridine rings is 1. The van der Waals surface area contributed by atoms with E-state index >= 15 is 0 Å². The topological polar surface area (TPSA) is 42.2 Å². The molecule has 1 fully saturated rings. The lowest BCUT2D eigenvalue weighted by Crippen LogP contribution is -2.28. The normalized spacial score (nSPS) is 18.6. The molecule has 0 saturated carbocycles. The van der Waals surface area contributed by atoms with Crippen LogP contribution in [0.5, 0.6) is 0 Å². The number of hydrogen-bond donors (Lipinski definition) is 0. The average Bonchev–Trinajstić information content (AvgIpc) is 3.04. The van der Waals surface area contributed by atoms with Gasteiger partial charge in [-0.05, 0) is 61.3 Å². The third-order valence-corrected chi connectivity index (χ3v) is 5.00. The van der Waals surface area contributed by atoms with Gasteiger partial charge in [0.1, 0.15) is 11.5 Å². The maximum atomic E-state index is 13.1. The summed E-state index contributed by atoms with van der Waals surface area (Å²) in [5.74, 6) is 0.439. The van der Waals surface area contributed by atoms with Crippen molar-refractivity contribution in [2.24, 2.45) is 0 Å². The maximum absolute atomic E-state index is 13.1. The van der Waals surface area contributed by atoms with E-state index in [1.807, 2.05) is 18.5 Å². The SMILES string of the molecule is Fc1ccc(-c2cc([C@H]3CCCCCN3Cc3ccncc3)no2)cc1. The van der Waals surface area contributed by atoms with Crippen molar-refractivity contribution in [2.45, 2.75) is 38.3 Å². The maximum Gasteiger partial charge on any atom is 0.167 e. The monoisotopic (exact) mass is 351 g/mol. The summed E-state index contributed by atoms with van der Waals surface area (Å²) in [7, 11) is 0. The number of likely N-dealkylation sites (tertiary alicyclic amines) is 1. The average molecular weight is 351 g/mol. The Morgan fingerprint density at radius 3 is 2.65 bits per heavy atom. The lowest BCUT2D eigenvalue weighted by atomic mass is 10.0. The van der Waals surface area contributed by atoms with E-state index < -0.39 is 0 Å². The lowest BCUT2D eigenvalue weighted by Gasteiger charge is -2.28. The van der Waals surface area contributed by atoms with E-state index in [1.54, 1.807) is 12.1 Å². The van der Waals surface area contributed by atoms with Crippen LogP contribution in [0.4, 0.5) is 4.39 Å². The Morgan fingerprint density at radius 2 is 1.85 bits per heavy atom. The van der Waals surface area contributed by atoms with Gasteiger partial charge in [-0.2, -0.15) is 0 Å². The fourth-order valence-electron chi connectivity index (χ4n) is 3.61. The lowest BCUT2D eigenvalue weighted by molar-refractivity contribution is 0.184. The molecular formula is C21H22FN3O. The minimum atomic E-state index is -0.249. The summed E-state index contributed by atoms with van der Waals surface area (Å²) in [5.41, 5.74) is 3.06. The second-order valence-electron chi connectivity index (χ2n) is 6.81. The largest absolute Gasteiger partial charge is 0.356 e. The third kappa shape index (κ3) is 3.83. The smallest absolute Gasteiger partial charge is 0.167 e. The van der Waals surface area contributed by atoms with Crippen molar-refractivity contribution in [3.63, 3.8) is 0 Å². The van der Waals surface area contributed by atoms with E-state index in [-0.39, 0.29) is 11.9 Å². The first-order valence-corrected chi connectivity index (χ1v) is 9.15. The van der Waals surface area contributed by atoms with Crippen LogP contribution in [0.3, 0.4) is 0 Å². The molecule has 1 aliphatic rings. The van der Waals surface area contributed by atoms with Gasteiger partial charge in [0, 0.05) is 30.6 Å². The van der Waals surface area contributed by atoms with Crippen LogP contribution in [0.25, 0.3) is 11.3 Å². The molecule has 1 aliphatic heterocycles. The summed E-state index contributed by atoms with van der Waals surface area (Å²) in [6.45, 7) is 1.93. The van der Waals surface area contributed by atoms with E-state index in [1.165, 1.54) is 37.0 Å². The molecular weight excluding hydrogens is 329 g/mol. The molecule has 3 heterocycles. The van der Waals surface area contributed by atoms with Gasteiger partial charge in [-0.15, -0.1) is 0 Å². The predicted octanol–water partition coefficient (Wildman–Crippen LogP) is 4.99. The summed E-state index contributed by atoms with van der Waals surface area (Å²) >= 11 is 0. The second kappa shape index (κ2) is 7.79. The zero-order chi connectivity index (χ0) is 17.8. The molecule has 26 heavy (non-hydrogen) atoms. The Morgan fingerprint density at radius 1 is 1.04 bits per heavy atom. The Kier molecular flexibility index (Phi) is 5.07. The van der Waals surface area contributed by atoms with Crippen molar-refractivity contribution in [1.29, 1.82) is 0 Å². The van der Waals surface area contributed by atoms with Crippen LogP contribution in [0.1, 0.15) is 43.0 Å². The van der Waals surface area contributed by atoms with E-state index in [4.69, 9.17) is 4.52 Å². The highest BCUT2D eigenvalue weighted by atomic mass is 19.1. The molecule has 0 amide bonds. The Bertz CT molecular complexity index is 832. The molecule has 4 nitrogen and oxygen atoms in total. The highest BCUT2D eigenvalue weighted by Gasteiger charge is 2.26.